The molecule has 0 amide bonds. The number of rotatable bonds is 7. The van der Waals surface area contributed by atoms with E-state index in [-0.39, 0.29) is 0 Å². The molecule has 1 unspecified atom stereocenters. The first kappa shape index (κ1) is 14.6. The number of ether oxygens (including phenoxy) is 1. The largest absolute Gasteiger partial charge is 0.380 e. The van der Waals surface area contributed by atoms with Crippen LogP contribution >= 0.6 is 12.2 Å². The van der Waals surface area contributed by atoms with Gasteiger partial charge in [-0.3, -0.25) is 0 Å². The van der Waals surface area contributed by atoms with Gasteiger partial charge in [-0.1, -0.05) is 20.8 Å². The Balaban J connectivity index is 3.87. The van der Waals surface area contributed by atoms with Crippen LogP contribution in [-0.4, -0.2) is 30.9 Å². The van der Waals surface area contributed by atoms with Gasteiger partial charge < -0.3 is 15.4 Å². The fourth-order valence-electron chi connectivity index (χ4n) is 1.10. The van der Waals surface area contributed by atoms with Gasteiger partial charge >= 0.3 is 0 Å². The molecule has 0 aliphatic carbocycles. The van der Waals surface area contributed by atoms with Crippen LogP contribution in [0, 0.1) is 5.92 Å². The molecule has 0 radical (unpaired) electrons. The number of thiocarbonyl (C=S) groups is 1. The molecular weight excluding hydrogens is 208 g/mol. The van der Waals surface area contributed by atoms with E-state index in [0.717, 1.165) is 24.7 Å². The number of nitrogens with one attached hydrogen (secondary N) is 2. The first-order chi connectivity index (χ1) is 7.11. The van der Waals surface area contributed by atoms with E-state index >= 15 is 0 Å². The summed E-state index contributed by atoms with van der Waals surface area (Å²) in [4.78, 5) is 0. The molecule has 0 bridgehead atoms. The third-order valence-corrected chi connectivity index (χ3v) is 2.42. The molecule has 2 N–H and O–H groups in total. The zero-order chi connectivity index (χ0) is 11.7. The van der Waals surface area contributed by atoms with Crippen molar-refractivity contribution in [1.82, 2.24) is 10.6 Å². The van der Waals surface area contributed by atoms with Gasteiger partial charge in [0, 0.05) is 13.2 Å². The summed E-state index contributed by atoms with van der Waals surface area (Å²) in [6.45, 7) is 10.8. The Bertz CT molecular complexity index is 174. The van der Waals surface area contributed by atoms with Crippen molar-refractivity contribution in [3.8, 4) is 0 Å². The molecule has 1 atom stereocenters. The fourth-order valence-corrected chi connectivity index (χ4v) is 1.36. The Morgan fingerprint density at radius 2 is 2.00 bits per heavy atom. The van der Waals surface area contributed by atoms with Crippen LogP contribution in [-0.2, 0) is 4.74 Å². The van der Waals surface area contributed by atoms with Crippen LogP contribution in [0.1, 0.15) is 34.1 Å². The first-order valence-electron chi connectivity index (χ1n) is 5.73. The summed E-state index contributed by atoms with van der Waals surface area (Å²) < 4.78 is 5.41. The van der Waals surface area contributed by atoms with Gasteiger partial charge in [0.15, 0.2) is 5.11 Å². The minimum absolute atomic E-state index is 0.293. The van der Waals surface area contributed by atoms with E-state index in [4.69, 9.17) is 17.0 Å². The van der Waals surface area contributed by atoms with E-state index in [1.54, 1.807) is 0 Å². The van der Waals surface area contributed by atoms with Crippen molar-refractivity contribution in [2.45, 2.75) is 40.2 Å². The third-order valence-electron chi connectivity index (χ3n) is 2.16. The second-order valence-electron chi connectivity index (χ2n) is 3.91. The summed E-state index contributed by atoms with van der Waals surface area (Å²) in [5.74, 6) is 0.512. The second kappa shape index (κ2) is 8.92. The second-order valence-corrected chi connectivity index (χ2v) is 4.32. The summed E-state index contributed by atoms with van der Waals surface area (Å²) in [7, 11) is 0. The van der Waals surface area contributed by atoms with Crippen LogP contribution in [0.25, 0.3) is 0 Å². The molecule has 0 fully saturated rings. The van der Waals surface area contributed by atoms with Crippen LogP contribution in [0.4, 0.5) is 0 Å². The van der Waals surface area contributed by atoms with Crippen LogP contribution in [0.5, 0.6) is 0 Å². The molecule has 0 aromatic heterocycles. The van der Waals surface area contributed by atoms with Crippen molar-refractivity contribution in [3.05, 3.63) is 0 Å². The van der Waals surface area contributed by atoms with Crippen molar-refractivity contribution >= 4 is 17.3 Å². The molecule has 0 aliphatic heterocycles. The maximum Gasteiger partial charge on any atom is 0.166 e. The zero-order valence-corrected chi connectivity index (χ0v) is 11.1. The SMILES string of the molecule is CCCNC(=S)NC(COCC)C(C)C. The molecule has 0 spiro atoms. The highest BCUT2D eigenvalue weighted by Gasteiger charge is 2.13. The highest BCUT2D eigenvalue weighted by atomic mass is 32.1. The summed E-state index contributed by atoms with van der Waals surface area (Å²) in [5, 5.41) is 7.17. The molecule has 0 heterocycles. The summed E-state index contributed by atoms with van der Waals surface area (Å²) in [5.41, 5.74) is 0. The van der Waals surface area contributed by atoms with Gasteiger partial charge in [-0.25, -0.2) is 0 Å². The van der Waals surface area contributed by atoms with Crippen molar-refractivity contribution in [2.24, 2.45) is 5.92 Å². The summed E-state index contributed by atoms with van der Waals surface area (Å²) >= 11 is 5.19. The molecule has 0 aliphatic rings. The molecule has 0 saturated heterocycles. The van der Waals surface area contributed by atoms with E-state index in [9.17, 15) is 0 Å². The van der Waals surface area contributed by atoms with Crippen LogP contribution in [0.2, 0.25) is 0 Å². The number of hydrogen-bond donors (Lipinski definition) is 2. The molecule has 15 heavy (non-hydrogen) atoms. The lowest BCUT2D eigenvalue weighted by Gasteiger charge is -2.23. The first-order valence-corrected chi connectivity index (χ1v) is 6.14. The van der Waals surface area contributed by atoms with Crippen LogP contribution in [0.3, 0.4) is 0 Å². The standard InChI is InChI=1S/C11H24N2OS/c1-5-7-12-11(15)13-10(9(3)4)8-14-6-2/h9-10H,5-8H2,1-4H3,(H2,12,13,15). The third kappa shape index (κ3) is 7.56. The van der Waals surface area contributed by atoms with E-state index < -0.39 is 0 Å². The van der Waals surface area contributed by atoms with Gasteiger partial charge in [0.2, 0.25) is 0 Å². The Labute approximate surface area is 99.0 Å². The van der Waals surface area contributed by atoms with E-state index in [1.807, 2.05) is 6.92 Å². The van der Waals surface area contributed by atoms with Gasteiger partial charge in [0.05, 0.1) is 12.6 Å². The maximum absolute atomic E-state index is 5.41. The van der Waals surface area contributed by atoms with Gasteiger partial charge in [-0.05, 0) is 31.5 Å². The lowest BCUT2D eigenvalue weighted by Crippen LogP contribution is -2.46. The van der Waals surface area contributed by atoms with Gasteiger partial charge in [-0.15, -0.1) is 0 Å². The molecule has 0 aromatic rings. The fraction of sp³-hybridized carbons (Fsp3) is 0.909. The van der Waals surface area contributed by atoms with Gasteiger partial charge in [-0.2, -0.15) is 0 Å². The topological polar surface area (TPSA) is 33.3 Å². The number of hydrogen-bond acceptors (Lipinski definition) is 2. The van der Waals surface area contributed by atoms with Crippen molar-refractivity contribution in [1.29, 1.82) is 0 Å². The molecule has 0 aromatic carbocycles. The van der Waals surface area contributed by atoms with Crippen molar-refractivity contribution in [3.63, 3.8) is 0 Å². The molecule has 90 valence electrons. The maximum atomic E-state index is 5.41. The Morgan fingerprint density at radius 1 is 1.33 bits per heavy atom. The Morgan fingerprint density at radius 3 is 2.47 bits per heavy atom. The van der Waals surface area contributed by atoms with Crippen LogP contribution in [0.15, 0.2) is 0 Å². The van der Waals surface area contributed by atoms with Crippen molar-refractivity contribution in [2.75, 3.05) is 19.8 Å². The average molecular weight is 232 g/mol. The molecular formula is C11H24N2OS. The molecule has 0 saturated carbocycles. The monoisotopic (exact) mass is 232 g/mol. The Hall–Kier alpha value is -0.350. The van der Waals surface area contributed by atoms with Gasteiger partial charge in [0.25, 0.3) is 0 Å². The summed E-state index contributed by atoms with van der Waals surface area (Å²) in [6.07, 6.45) is 1.08. The predicted octanol–water partition coefficient (Wildman–Crippen LogP) is 1.92. The summed E-state index contributed by atoms with van der Waals surface area (Å²) in [6, 6.07) is 0.293. The van der Waals surface area contributed by atoms with Gasteiger partial charge in [0.1, 0.15) is 0 Å². The molecule has 3 nitrogen and oxygen atoms in total. The molecule has 0 rings (SSSR count). The highest BCUT2D eigenvalue weighted by Crippen LogP contribution is 2.02. The minimum Gasteiger partial charge on any atom is -0.380 e. The predicted molar refractivity (Wildman–Crippen MR) is 69.1 cm³/mol. The minimum atomic E-state index is 0.293. The smallest absolute Gasteiger partial charge is 0.166 e. The van der Waals surface area contributed by atoms with E-state index in [1.165, 1.54) is 0 Å². The quantitative estimate of drug-likeness (QED) is 0.657. The van der Waals surface area contributed by atoms with Crippen molar-refractivity contribution < 1.29 is 4.74 Å². The van der Waals surface area contributed by atoms with Crippen LogP contribution < -0.4 is 10.6 Å². The average Bonchev–Trinajstić information content (AvgIpc) is 2.20. The lowest BCUT2D eigenvalue weighted by molar-refractivity contribution is 0.115. The van der Waals surface area contributed by atoms with E-state index in [0.29, 0.717) is 18.6 Å². The highest BCUT2D eigenvalue weighted by molar-refractivity contribution is 7.80. The zero-order valence-electron chi connectivity index (χ0n) is 10.3. The molecule has 4 heteroatoms. The normalized spacial score (nSPS) is 12.6. The van der Waals surface area contributed by atoms with E-state index in [2.05, 4.69) is 31.4 Å². The Kier molecular flexibility index (Phi) is 8.71. The lowest BCUT2D eigenvalue weighted by atomic mass is 10.1.